The Kier molecular flexibility index (Phi) is 1.72. The summed E-state index contributed by atoms with van der Waals surface area (Å²) in [7, 11) is 0. The summed E-state index contributed by atoms with van der Waals surface area (Å²) in [6, 6.07) is 0. The van der Waals surface area contributed by atoms with Crippen LogP contribution in [0.1, 0.15) is 6.92 Å². The highest BCUT2D eigenvalue weighted by Gasteiger charge is 2.08. The van der Waals surface area contributed by atoms with Crippen molar-refractivity contribution in [2.75, 3.05) is 5.75 Å². The first-order chi connectivity index (χ1) is 2.89. The highest BCUT2D eigenvalue weighted by molar-refractivity contribution is 8.22. The fraction of sp³-hybridized carbons (Fsp3) is 0.750. The molecule has 0 saturated carbocycles. The van der Waals surface area contributed by atoms with Crippen LogP contribution in [0.4, 0.5) is 0 Å². The van der Waals surface area contributed by atoms with E-state index in [1.807, 2.05) is 23.5 Å². The van der Waals surface area contributed by atoms with Crippen molar-refractivity contribution < 1.29 is 0 Å². The molecule has 6 heavy (non-hydrogen) atoms. The first-order valence-electron chi connectivity index (χ1n) is 1.98. The summed E-state index contributed by atoms with van der Waals surface area (Å²) in [5.41, 5.74) is 0. The molecule has 1 radical (unpaired) electrons. The minimum Gasteiger partial charge on any atom is -0.144 e. The number of hydrogen-bond donors (Lipinski definition) is 0. The van der Waals surface area contributed by atoms with Gasteiger partial charge < -0.3 is 0 Å². The molecule has 1 rings (SSSR count). The van der Waals surface area contributed by atoms with Crippen LogP contribution in [0.3, 0.4) is 0 Å². The molecule has 35 valence electrons. The molecule has 0 aromatic rings. The monoisotopic (exact) mass is 119 g/mol. The van der Waals surface area contributed by atoms with Gasteiger partial charge in [0.25, 0.3) is 0 Å². The number of rotatable bonds is 0. The Morgan fingerprint density at radius 3 is 2.83 bits per heavy atom. The van der Waals surface area contributed by atoms with Gasteiger partial charge in [-0.15, -0.1) is 23.5 Å². The lowest BCUT2D eigenvalue weighted by molar-refractivity contribution is 1.15. The van der Waals surface area contributed by atoms with E-state index in [0.29, 0.717) is 0 Å². The summed E-state index contributed by atoms with van der Waals surface area (Å²) in [6.07, 6.45) is 0. The Morgan fingerprint density at radius 2 is 2.67 bits per heavy atom. The van der Waals surface area contributed by atoms with Gasteiger partial charge in [-0.1, -0.05) is 6.92 Å². The van der Waals surface area contributed by atoms with E-state index in [9.17, 15) is 0 Å². The van der Waals surface area contributed by atoms with Crippen LogP contribution in [0.5, 0.6) is 0 Å². The van der Waals surface area contributed by atoms with Crippen molar-refractivity contribution in [1.82, 2.24) is 0 Å². The quantitative estimate of drug-likeness (QED) is 0.478. The maximum Gasteiger partial charge on any atom is 0.0715 e. The standard InChI is InChI=1S/C4H7S2/c1-4-2-5-3-6-4/h3-4H,2H2,1H3. The molecular weight excluding hydrogens is 112 g/mol. The molecule has 1 fully saturated rings. The Hall–Kier alpha value is 0.700. The molecule has 0 aromatic carbocycles. The summed E-state index contributed by atoms with van der Waals surface area (Å²) < 4.78 is 0. The summed E-state index contributed by atoms with van der Waals surface area (Å²) in [5.74, 6) is 1.31. The second-order valence-electron chi connectivity index (χ2n) is 1.38. The van der Waals surface area contributed by atoms with Crippen molar-refractivity contribution in [3.63, 3.8) is 0 Å². The summed E-state index contributed by atoms with van der Waals surface area (Å²) in [5, 5.41) is 3.08. The van der Waals surface area contributed by atoms with E-state index in [1.165, 1.54) is 5.75 Å². The van der Waals surface area contributed by atoms with Crippen LogP contribution in [0.15, 0.2) is 0 Å². The third-order valence-corrected chi connectivity index (χ3v) is 3.21. The maximum atomic E-state index is 2.25. The van der Waals surface area contributed by atoms with Crippen molar-refractivity contribution in [1.29, 1.82) is 0 Å². The lowest BCUT2D eigenvalue weighted by atomic mass is 10.6. The second-order valence-corrected chi connectivity index (χ2v) is 3.89. The zero-order valence-electron chi connectivity index (χ0n) is 3.68. The predicted molar refractivity (Wildman–Crippen MR) is 33.8 cm³/mol. The Morgan fingerprint density at radius 1 is 1.83 bits per heavy atom. The van der Waals surface area contributed by atoms with Crippen molar-refractivity contribution in [3.8, 4) is 0 Å². The average Bonchev–Trinajstić information content (AvgIpc) is 1.86. The molecule has 0 bridgehead atoms. The van der Waals surface area contributed by atoms with Gasteiger partial charge in [0.1, 0.15) is 0 Å². The smallest absolute Gasteiger partial charge is 0.0715 e. The fourth-order valence-corrected chi connectivity index (χ4v) is 2.56. The Labute approximate surface area is 47.1 Å². The van der Waals surface area contributed by atoms with Crippen molar-refractivity contribution in [2.45, 2.75) is 12.2 Å². The molecule has 1 heterocycles. The average molecular weight is 119 g/mol. The molecular formula is C4H7S2. The van der Waals surface area contributed by atoms with Crippen LogP contribution in [0, 0.1) is 5.08 Å². The summed E-state index contributed by atoms with van der Waals surface area (Å²) in [6.45, 7) is 2.25. The van der Waals surface area contributed by atoms with E-state index < -0.39 is 0 Å². The van der Waals surface area contributed by atoms with Gasteiger partial charge >= 0.3 is 0 Å². The molecule has 0 aliphatic carbocycles. The molecule has 0 amide bonds. The van der Waals surface area contributed by atoms with Crippen molar-refractivity contribution in [3.05, 3.63) is 5.08 Å². The highest BCUT2D eigenvalue weighted by atomic mass is 32.2. The van der Waals surface area contributed by atoms with Gasteiger partial charge in [-0.25, -0.2) is 0 Å². The minimum atomic E-state index is 0.870. The maximum absolute atomic E-state index is 2.25. The molecule has 1 aliphatic rings. The van der Waals surface area contributed by atoms with Crippen LogP contribution >= 0.6 is 23.5 Å². The first-order valence-corrected chi connectivity index (χ1v) is 3.97. The molecule has 1 saturated heterocycles. The van der Waals surface area contributed by atoms with Gasteiger partial charge in [-0.05, 0) is 0 Å². The predicted octanol–water partition coefficient (Wildman–Crippen LogP) is 1.97. The van der Waals surface area contributed by atoms with E-state index >= 15 is 0 Å². The highest BCUT2D eigenvalue weighted by Crippen LogP contribution is 2.33. The molecule has 1 aliphatic heterocycles. The number of thioether (sulfide) groups is 2. The Balaban J connectivity index is 2.18. The molecule has 1 unspecified atom stereocenters. The van der Waals surface area contributed by atoms with Crippen LogP contribution in [-0.4, -0.2) is 11.0 Å². The summed E-state index contributed by atoms with van der Waals surface area (Å²) in [4.78, 5) is 0. The largest absolute Gasteiger partial charge is 0.144 e. The molecule has 0 N–H and O–H groups in total. The van der Waals surface area contributed by atoms with E-state index in [1.54, 1.807) is 0 Å². The van der Waals surface area contributed by atoms with Gasteiger partial charge in [0.05, 0.1) is 5.08 Å². The van der Waals surface area contributed by atoms with Crippen LogP contribution < -0.4 is 0 Å². The molecule has 2 heteroatoms. The van der Waals surface area contributed by atoms with Crippen molar-refractivity contribution in [2.24, 2.45) is 0 Å². The molecule has 0 nitrogen and oxygen atoms in total. The SMILES string of the molecule is CC1CS[CH]S1. The zero-order chi connectivity index (χ0) is 4.41. The number of hydrogen-bond acceptors (Lipinski definition) is 2. The van der Waals surface area contributed by atoms with Gasteiger partial charge in [0.15, 0.2) is 0 Å². The first kappa shape index (κ1) is 4.85. The van der Waals surface area contributed by atoms with Gasteiger partial charge in [-0.3, -0.25) is 0 Å². The third kappa shape index (κ3) is 1.09. The lowest BCUT2D eigenvalue weighted by Crippen LogP contribution is -1.88. The fourth-order valence-electron chi connectivity index (χ4n) is 0.348. The van der Waals surface area contributed by atoms with Crippen LogP contribution in [0.2, 0.25) is 0 Å². The molecule has 1 atom stereocenters. The van der Waals surface area contributed by atoms with Gasteiger partial charge in [0.2, 0.25) is 0 Å². The topological polar surface area (TPSA) is 0 Å². The second kappa shape index (κ2) is 2.12. The minimum absolute atomic E-state index is 0.870. The van der Waals surface area contributed by atoms with Crippen LogP contribution in [0.25, 0.3) is 0 Å². The normalized spacial score (nSPS) is 34.5. The van der Waals surface area contributed by atoms with Crippen molar-refractivity contribution >= 4 is 23.5 Å². The Bertz CT molecular complexity index is 38.8. The van der Waals surface area contributed by atoms with Crippen LogP contribution in [-0.2, 0) is 0 Å². The third-order valence-electron chi connectivity index (χ3n) is 0.687. The molecule has 0 aromatic heterocycles. The van der Waals surface area contributed by atoms with E-state index in [-0.39, 0.29) is 0 Å². The van der Waals surface area contributed by atoms with Gasteiger partial charge in [0, 0.05) is 11.0 Å². The lowest BCUT2D eigenvalue weighted by Gasteiger charge is -1.89. The van der Waals surface area contributed by atoms with E-state index in [2.05, 4.69) is 12.0 Å². The van der Waals surface area contributed by atoms with E-state index in [4.69, 9.17) is 0 Å². The zero-order valence-corrected chi connectivity index (χ0v) is 5.31. The van der Waals surface area contributed by atoms with E-state index in [0.717, 1.165) is 5.25 Å². The summed E-state index contributed by atoms with van der Waals surface area (Å²) >= 11 is 3.86. The van der Waals surface area contributed by atoms with Gasteiger partial charge in [-0.2, -0.15) is 0 Å². The molecule has 0 spiro atoms.